The first-order valence-electron chi connectivity index (χ1n) is 6.21. The number of carbonyl (C=O) groups is 4. The summed E-state index contributed by atoms with van der Waals surface area (Å²) in [6.45, 7) is 1.81. The quantitative estimate of drug-likeness (QED) is 0.614. The third-order valence-corrected chi connectivity index (χ3v) is 3.12. The Kier molecular flexibility index (Phi) is 3.93. The van der Waals surface area contributed by atoms with E-state index in [0.717, 1.165) is 5.56 Å². The summed E-state index contributed by atoms with van der Waals surface area (Å²) in [5.74, 6) is -1.36. The molecular weight excluding hydrogens is 260 g/mol. The van der Waals surface area contributed by atoms with E-state index in [1.807, 2.05) is 6.92 Å². The number of rotatable bonds is 3. The fraction of sp³-hybridized carbons (Fsp3) is 0.286. The molecule has 1 fully saturated rings. The Labute approximate surface area is 115 Å². The Bertz CT molecular complexity index is 595. The maximum atomic E-state index is 12.1. The van der Waals surface area contributed by atoms with Crippen LogP contribution in [0.25, 0.3) is 0 Å². The number of imide groups is 1. The summed E-state index contributed by atoms with van der Waals surface area (Å²) >= 11 is 0. The van der Waals surface area contributed by atoms with Crippen LogP contribution in [0.15, 0.2) is 18.2 Å². The SMILES string of the molecule is Cc1ccc(C(=O)NC2CCC(=O)NC2=O)c(C=O)c1. The molecule has 1 aliphatic rings. The number of nitrogens with one attached hydrogen (secondary N) is 2. The molecule has 0 aromatic heterocycles. The average Bonchev–Trinajstić information content (AvgIpc) is 2.41. The smallest absolute Gasteiger partial charge is 0.252 e. The van der Waals surface area contributed by atoms with Crippen LogP contribution < -0.4 is 10.6 Å². The molecule has 0 saturated carbocycles. The first-order chi connectivity index (χ1) is 9.51. The highest BCUT2D eigenvalue weighted by Crippen LogP contribution is 2.11. The Morgan fingerprint density at radius 1 is 1.40 bits per heavy atom. The van der Waals surface area contributed by atoms with Crippen LogP contribution in [-0.4, -0.2) is 30.0 Å². The van der Waals surface area contributed by atoms with Crippen molar-refractivity contribution in [1.82, 2.24) is 10.6 Å². The fourth-order valence-electron chi connectivity index (χ4n) is 2.05. The maximum absolute atomic E-state index is 12.1. The second-order valence-corrected chi connectivity index (χ2v) is 4.69. The van der Waals surface area contributed by atoms with Gasteiger partial charge in [0.05, 0.1) is 0 Å². The topological polar surface area (TPSA) is 92.3 Å². The van der Waals surface area contributed by atoms with Crippen LogP contribution in [0.1, 0.15) is 39.1 Å². The van der Waals surface area contributed by atoms with Gasteiger partial charge in [-0.2, -0.15) is 0 Å². The van der Waals surface area contributed by atoms with E-state index in [2.05, 4.69) is 10.6 Å². The van der Waals surface area contributed by atoms with Crippen molar-refractivity contribution < 1.29 is 19.2 Å². The minimum atomic E-state index is -0.749. The van der Waals surface area contributed by atoms with E-state index in [1.54, 1.807) is 18.2 Å². The van der Waals surface area contributed by atoms with Crippen LogP contribution in [0.4, 0.5) is 0 Å². The molecule has 3 amide bonds. The molecule has 2 rings (SSSR count). The standard InChI is InChI=1S/C14H14N2O4/c1-8-2-3-10(9(6-8)7-17)13(19)15-11-4-5-12(18)16-14(11)20/h2-3,6-7,11H,4-5H2,1H3,(H,15,19)(H,16,18,20). The molecule has 2 N–H and O–H groups in total. The molecule has 1 unspecified atom stereocenters. The van der Waals surface area contributed by atoms with Crippen LogP contribution in [-0.2, 0) is 9.59 Å². The highest BCUT2D eigenvalue weighted by Gasteiger charge is 2.28. The number of carbonyl (C=O) groups excluding carboxylic acids is 4. The van der Waals surface area contributed by atoms with Gasteiger partial charge in [0, 0.05) is 17.5 Å². The van der Waals surface area contributed by atoms with E-state index >= 15 is 0 Å². The normalized spacial score (nSPS) is 18.4. The van der Waals surface area contributed by atoms with Gasteiger partial charge < -0.3 is 5.32 Å². The highest BCUT2D eigenvalue weighted by atomic mass is 16.2. The van der Waals surface area contributed by atoms with Crippen molar-refractivity contribution in [2.45, 2.75) is 25.8 Å². The third-order valence-electron chi connectivity index (χ3n) is 3.12. The van der Waals surface area contributed by atoms with Gasteiger partial charge in [-0.15, -0.1) is 0 Å². The molecule has 1 aliphatic heterocycles. The molecule has 1 aromatic carbocycles. The lowest BCUT2D eigenvalue weighted by atomic mass is 10.0. The Hall–Kier alpha value is -2.50. The van der Waals surface area contributed by atoms with Crippen LogP contribution in [0.2, 0.25) is 0 Å². The van der Waals surface area contributed by atoms with Crippen molar-refractivity contribution in [3.8, 4) is 0 Å². The molecule has 1 atom stereocenters. The van der Waals surface area contributed by atoms with Crippen molar-refractivity contribution in [3.05, 3.63) is 34.9 Å². The summed E-state index contributed by atoms with van der Waals surface area (Å²) < 4.78 is 0. The maximum Gasteiger partial charge on any atom is 0.252 e. The van der Waals surface area contributed by atoms with Crippen LogP contribution in [0, 0.1) is 6.92 Å². The van der Waals surface area contributed by atoms with Crippen LogP contribution in [0.5, 0.6) is 0 Å². The molecule has 104 valence electrons. The Morgan fingerprint density at radius 3 is 2.80 bits per heavy atom. The predicted octanol–water partition coefficient (Wildman–Crippen LogP) is 0.343. The van der Waals surface area contributed by atoms with Gasteiger partial charge in [0.15, 0.2) is 6.29 Å². The molecule has 0 aliphatic carbocycles. The largest absolute Gasteiger partial charge is 0.340 e. The predicted molar refractivity (Wildman–Crippen MR) is 70.2 cm³/mol. The summed E-state index contributed by atoms with van der Waals surface area (Å²) in [5.41, 5.74) is 1.36. The first kappa shape index (κ1) is 13.9. The molecule has 0 spiro atoms. The molecule has 1 aromatic rings. The minimum Gasteiger partial charge on any atom is -0.340 e. The van der Waals surface area contributed by atoms with Crippen molar-refractivity contribution in [2.24, 2.45) is 0 Å². The molecule has 6 nitrogen and oxygen atoms in total. The van der Waals surface area contributed by atoms with E-state index in [1.165, 1.54) is 0 Å². The van der Waals surface area contributed by atoms with Gasteiger partial charge in [-0.25, -0.2) is 0 Å². The Balaban J connectivity index is 2.14. The van der Waals surface area contributed by atoms with E-state index < -0.39 is 17.9 Å². The van der Waals surface area contributed by atoms with Gasteiger partial charge in [0.2, 0.25) is 11.8 Å². The Morgan fingerprint density at radius 2 is 2.15 bits per heavy atom. The van der Waals surface area contributed by atoms with Gasteiger partial charge in [-0.3, -0.25) is 24.5 Å². The van der Waals surface area contributed by atoms with Crippen molar-refractivity contribution >= 4 is 24.0 Å². The third kappa shape index (κ3) is 2.90. The van der Waals surface area contributed by atoms with E-state index in [-0.39, 0.29) is 29.9 Å². The molecule has 20 heavy (non-hydrogen) atoms. The van der Waals surface area contributed by atoms with Gasteiger partial charge in [0.25, 0.3) is 5.91 Å². The van der Waals surface area contributed by atoms with E-state index in [0.29, 0.717) is 6.29 Å². The second kappa shape index (κ2) is 5.64. The summed E-state index contributed by atoms with van der Waals surface area (Å²) in [4.78, 5) is 45.7. The zero-order valence-corrected chi connectivity index (χ0v) is 10.9. The van der Waals surface area contributed by atoms with Gasteiger partial charge in [-0.05, 0) is 25.5 Å². The van der Waals surface area contributed by atoms with Gasteiger partial charge >= 0.3 is 0 Å². The number of hydrogen-bond acceptors (Lipinski definition) is 4. The lowest BCUT2D eigenvalue weighted by Crippen LogP contribution is -2.52. The number of aryl methyl sites for hydroxylation is 1. The van der Waals surface area contributed by atoms with Crippen molar-refractivity contribution in [3.63, 3.8) is 0 Å². The van der Waals surface area contributed by atoms with E-state index in [4.69, 9.17) is 0 Å². The summed E-state index contributed by atoms with van der Waals surface area (Å²) in [6.07, 6.45) is 1.05. The average molecular weight is 274 g/mol. The highest BCUT2D eigenvalue weighted by molar-refractivity contribution is 6.06. The minimum absolute atomic E-state index is 0.186. The molecule has 0 bridgehead atoms. The molecular formula is C14H14N2O4. The second-order valence-electron chi connectivity index (χ2n) is 4.69. The summed E-state index contributed by atoms with van der Waals surface area (Å²) in [6, 6.07) is 4.11. The number of benzene rings is 1. The lowest BCUT2D eigenvalue weighted by Gasteiger charge is -2.22. The fourth-order valence-corrected chi connectivity index (χ4v) is 2.05. The zero-order chi connectivity index (χ0) is 14.7. The van der Waals surface area contributed by atoms with Crippen LogP contribution >= 0.6 is 0 Å². The number of hydrogen-bond donors (Lipinski definition) is 2. The van der Waals surface area contributed by atoms with Gasteiger partial charge in [0.1, 0.15) is 6.04 Å². The molecule has 1 saturated heterocycles. The first-order valence-corrected chi connectivity index (χ1v) is 6.21. The molecule has 1 heterocycles. The summed E-state index contributed by atoms with van der Waals surface area (Å²) in [7, 11) is 0. The molecule has 0 radical (unpaired) electrons. The number of aldehydes is 1. The number of piperidine rings is 1. The number of amides is 3. The molecule has 6 heteroatoms. The zero-order valence-electron chi connectivity index (χ0n) is 10.9. The van der Waals surface area contributed by atoms with Crippen LogP contribution in [0.3, 0.4) is 0 Å². The summed E-state index contributed by atoms with van der Waals surface area (Å²) in [5, 5.41) is 4.70. The van der Waals surface area contributed by atoms with E-state index in [9.17, 15) is 19.2 Å². The van der Waals surface area contributed by atoms with Crippen molar-refractivity contribution in [2.75, 3.05) is 0 Å². The monoisotopic (exact) mass is 274 g/mol. The van der Waals surface area contributed by atoms with Gasteiger partial charge in [-0.1, -0.05) is 11.6 Å². The lowest BCUT2D eigenvalue weighted by molar-refractivity contribution is -0.134. The van der Waals surface area contributed by atoms with Crippen molar-refractivity contribution in [1.29, 1.82) is 0 Å².